The fourth-order valence-electron chi connectivity index (χ4n) is 2.35. The first-order chi connectivity index (χ1) is 8.03. The van der Waals surface area contributed by atoms with Crippen LogP contribution in [0.5, 0.6) is 0 Å². The Bertz CT molecular complexity index is 425. The van der Waals surface area contributed by atoms with Crippen molar-refractivity contribution in [3.8, 4) is 0 Å². The second-order valence-electron chi connectivity index (χ2n) is 5.16. The van der Waals surface area contributed by atoms with Crippen molar-refractivity contribution >= 4 is 17.6 Å². The maximum Gasteiger partial charge on any atom is 0.0477 e. The summed E-state index contributed by atoms with van der Waals surface area (Å²) in [6, 6.07) is 5.84. The van der Waals surface area contributed by atoms with Gasteiger partial charge in [-0.15, -0.1) is 0 Å². The van der Waals surface area contributed by atoms with Crippen molar-refractivity contribution in [2.24, 2.45) is 0 Å². The Hall–Kier alpha value is -1.55. The predicted octanol–water partition coefficient (Wildman–Crippen LogP) is 1.45. The van der Waals surface area contributed by atoms with Crippen LogP contribution in [0.3, 0.4) is 0 Å². The van der Waals surface area contributed by atoms with Gasteiger partial charge in [-0.1, -0.05) is 6.07 Å². The smallest absolute Gasteiger partial charge is 0.0477 e. The van der Waals surface area contributed by atoms with Crippen LogP contribution in [-0.4, -0.2) is 31.4 Å². The second kappa shape index (κ2) is 4.37. The molecule has 4 N–H and O–H groups in total. The number of nitrogens with one attached hydrogen (secondary N) is 2. The molecule has 0 radical (unpaired) electrons. The highest BCUT2D eigenvalue weighted by molar-refractivity contribution is 5.93. The third-order valence-corrected chi connectivity index (χ3v) is 3.17. The molecule has 0 atom stereocenters. The van der Waals surface area contributed by atoms with E-state index in [4.69, 9.17) is 11.1 Å². The van der Waals surface area contributed by atoms with E-state index in [1.165, 1.54) is 6.21 Å². The van der Waals surface area contributed by atoms with Crippen LogP contribution in [0.1, 0.15) is 19.4 Å². The van der Waals surface area contributed by atoms with E-state index in [0.29, 0.717) is 5.69 Å². The zero-order valence-corrected chi connectivity index (χ0v) is 10.5. The molecule has 1 aliphatic rings. The van der Waals surface area contributed by atoms with Crippen LogP contribution in [0.2, 0.25) is 0 Å². The van der Waals surface area contributed by atoms with Gasteiger partial charge in [-0.05, 0) is 26.0 Å². The maximum atomic E-state index is 7.50. The van der Waals surface area contributed by atoms with Crippen LogP contribution in [0.4, 0.5) is 11.4 Å². The molecule has 0 aliphatic carbocycles. The predicted molar refractivity (Wildman–Crippen MR) is 73.0 cm³/mol. The number of anilines is 2. The van der Waals surface area contributed by atoms with Crippen LogP contribution in [0.15, 0.2) is 18.2 Å². The molecule has 0 aromatic heterocycles. The van der Waals surface area contributed by atoms with Gasteiger partial charge in [0.05, 0.1) is 0 Å². The molecule has 0 saturated carbocycles. The van der Waals surface area contributed by atoms with Gasteiger partial charge in [0.15, 0.2) is 0 Å². The quantitative estimate of drug-likeness (QED) is 0.534. The Morgan fingerprint density at radius 1 is 1.47 bits per heavy atom. The summed E-state index contributed by atoms with van der Waals surface area (Å²) in [5.41, 5.74) is 8.58. The third kappa shape index (κ3) is 2.42. The molecule has 17 heavy (non-hydrogen) atoms. The second-order valence-corrected chi connectivity index (χ2v) is 5.16. The molecule has 1 aliphatic heterocycles. The molecular formula is C13H20N4. The molecule has 1 aromatic rings. The Labute approximate surface area is 102 Å². The van der Waals surface area contributed by atoms with Crippen LogP contribution in [0, 0.1) is 5.41 Å². The van der Waals surface area contributed by atoms with Gasteiger partial charge in [-0.25, -0.2) is 0 Å². The first-order valence-corrected chi connectivity index (χ1v) is 5.92. The van der Waals surface area contributed by atoms with E-state index in [9.17, 15) is 0 Å². The molecule has 92 valence electrons. The van der Waals surface area contributed by atoms with Crippen molar-refractivity contribution in [1.82, 2.24) is 5.32 Å². The van der Waals surface area contributed by atoms with Crippen molar-refractivity contribution in [1.29, 1.82) is 5.41 Å². The summed E-state index contributed by atoms with van der Waals surface area (Å²) in [7, 11) is 0. The van der Waals surface area contributed by atoms with E-state index in [1.54, 1.807) is 0 Å². The topological polar surface area (TPSA) is 65.1 Å². The lowest BCUT2D eigenvalue weighted by molar-refractivity contribution is 0.353. The van der Waals surface area contributed by atoms with Gasteiger partial charge in [-0.3, -0.25) is 0 Å². The van der Waals surface area contributed by atoms with Gasteiger partial charge in [0.1, 0.15) is 0 Å². The minimum Gasteiger partial charge on any atom is -0.398 e. The summed E-state index contributed by atoms with van der Waals surface area (Å²) in [4.78, 5) is 2.30. The number of hydrogen-bond donors (Lipinski definition) is 3. The van der Waals surface area contributed by atoms with E-state index in [-0.39, 0.29) is 5.54 Å². The van der Waals surface area contributed by atoms with Crippen molar-refractivity contribution in [3.63, 3.8) is 0 Å². The van der Waals surface area contributed by atoms with Gasteiger partial charge in [0, 0.05) is 48.3 Å². The Morgan fingerprint density at radius 3 is 2.88 bits per heavy atom. The Kier molecular flexibility index (Phi) is 3.07. The number of rotatable bonds is 2. The fourth-order valence-corrected chi connectivity index (χ4v) is 2.35. The largest absolute Gasteiger partial charge is 0.398 e. The summed E-state index contributed by atoms with van der Waals surface area (Å²) in [5, 5.41) is 11.0. The average Bonchev–Trinajstić information content (AvgIpc) is 2.27. The lowest BCUT2D eigenvalue weighted by Crippen LogP contribution is -2.57. The molecule has 1 saturated heterocycles. The van der Waals surface area contributed by atoms with Crippen molar-refractivity contribution < 1.29 is 0 Å². The molecule has 1 fully saturated rings. The highest BCUT2D eigenvalue weighted by atomic mass is 15.2. The van der Waals surface area contributed by atoms with E-state index in [0.717, 1.165) is 30.9 Å². The van der Waals surface area contributed by atoms with Crippen LogP contribution in [0.25, 0.3) is 0 Å². The number of nitrogen functional groups attached to an aromatic ring is 1. The average molecular weight is 232 g/mol. The van der Waals surface area contributed by atoms with Crippen LogP contribution >= 0.6 is 0 Å². The molecule has 1 heterocycles. The lowest BCUT2D eigenvalue weighted by atomic mass is 10.0. The summed E-state index contributed by atoms with van der Waals surface area (Å²) < 4.78 is 0. The highest BCUT2D eigenvalue weighted by Gasteiger charge is 2.26. The summed E-state index contributed by atoms with van der Waals surface area (Å²) in [5.74, 6) is 0. The van der Waals surface area contributed by atoms with Crippen LogP contribution in [-0.2, 0) is 0 Å². The molecule has 2 rings (SSSR count). The number of benzene rings is 1. The first-order valence-electron chi connectivity index (χ1n) is 5.92. The molecule has 4 nitrogen and oxygen atoms in total. The van der Waals surface area contributed by atoms with Gasteiger partial charge in [0.2, 0.25) is 0 Å². The fraction of sp³-hybridized carbons (Fsp3) is 0.462. The highest BCUT2D eigenvalue weighted by Crippen LogP contribution is 2.26. The minimum absolute atomic E-state index is 0.0994. The first kappa shape index (κ1) is 11.9. The summed E-state index contributed by atoms with van der Waals surface area (Å²) in [6.45, 7) is 7.22. The molecule has 0 bridgehead atoms. The monoisotopic (exact) mass is 232 g/mol. The summed E-state index contributed by atoms with van der Waals surface area (Å²) >= 11 is 0. The molecular weight excluding hydrogens is 212 g/mol. The molecule has 1 aromatic carbocycles. The zero-order chi connectivity index (χ0) is 12.5. The minimum atomic E-state index is 0.0994. The van der Waals surface area contributed by atoms with E-state index >= 15 is 0 Å². The van der Waals surface area contributed by atoms with E-state index in [1.807, 2.05) is 18.2 Å². The number of nitrogens with zero attached hydrogens (tertiary/aromatic N) is 1. The Balaban J connectivity index is 2.34. The standard InChI is InChI=1S/C13H20N4/c1-13(2)9-17(7-6-16-13)12-5-3-4-11(15)10(12)8-14/h3-5,8,14,16H,6-7,9,15H2,1-2H3. The molecule has 0 amide bonds. The van der Waals surface area contributed by atoms with Crippen molar-refractivity contribution in [3.05, 3.63) is 23.8 Å². The third-order valence-electron chi connectivity index (χ3n) is 3.17. The normalized spacial score (nSPS) is 19.1. The van der Waals surface area contributed by atoms with E-state index < -0.39 is 0 Å². The summed E-state index contributed by atoms with van der Waals surface area (Å²) in [6.07, 6.45) is 1.35. The molecule has 0 spiro atoms. The van der Waals surface area contributed by atoms with Gasteiger partial charge >= 0.3 is 0 Å². The SMILES string of the molecule is CC1(C)CN(c2cccc(N)c2C=N)CCN1. The van der Waals surface area contributed by atoms with E-state index in [2.05, 4.69) is 24.1 Å². The van der Waals surface area contributed by atoms with Gasteiger partial charge in [-0.2, -0.15) is 0 Å². The van der Waals surface area contributed by atoms with Gasteiger partial charge in [0.25, 0.3) is 0 Å². The number of hydrogen-bond acceptors (Lipinski definition) is 4. The lowest BCUT2D eigenvalue weighted by Gasteiger charge is -2.41. The number of nitrogens with two attached hydrogens (primary N) is 1. The Morgan fingerprint density at radius 2 is 2.24 bits per heavy atom. The molecule has 0 unspecified atom stereocenters. The van der Waals surface area contributed by atoms with Gasteiger partial charge < -0.3 is 21.4 Å². The molecule has 4 heteroatoms. The van der Waals surface area contributed by atoms with Crippen molar-refractivity contribution in [2.75, 3.05) is 30.3 Å². The maximum absolute atomic E-state index is 7.50. The van der Waals surface area contributed by atoms with Crippen molar-refractivity contribution in [2.45, 2.75) is 19.4 Å². The van der Waals surface area contributed by atoms with Crippen LogP contribution < -0.4 is 16.0 Å². The number of piperazine rings is 1. The zero-order valence-electron chi connectivity index (χ0n) is 10.5.